The van der Waals surface area contributed by atoms with Gasteiger partial charge in [-0.05, 0) is 36.8 Å². The van der Waals surface area contributed by atoms with Crippen LogP contribution in [0.5, 0.6) is 0 Å². The summed E-state index contributed by atoms with van der Waals surface area (Å²) in [4.78, 5) is 28.6. The first kappa shape index (κ1) is 19.7. The molecule has 0 aliphatic carbocycles. The van der Waals surface area contributed by atoms with E-state index < -0.39 is 6.04 Å². The summed E-state index contributed by atoms with van der Waals surface area (Å²) in [6.07, 6.45) is 0. The van der Waals surface area contributed by atoms with Crippen LogP contribution < -0.4 is 15.5 Å². The molecule has 2 aromatic carbocycles. The Balaban J connectivity index is 1.42. The maximum absolute atomic E-state index is 12.9. The number of halogens is 1. The molecular formula is C21H25FN4O2. The summed E-state index contributed by atoms with van der Waals surface area (Å²) < 4.78 is 12.9. The predicted molar refractivity (Wildman–Crippen MR) is 106 cm³/mol. The van der Waals surface area contributed by atoms with Crippen molar-refractivity contribution in [3.8, 4) is 0 Å². The third-order valence-electron chi connectivity index (χ3n) is 4.80. The number of amides is 3. The minimum Gasteiger partial charge on any atom is -0.368 e. The highest BCUT2D eigenvalue weighted by molar-refractivity contribution is 5.86. The average Bonchev–Trinajstić information content (AvgIpc) is 2.73. The second kappa shape index (κ2) is 9.21. The van der Waals surface area contributed by atoms with Crippen LogP contribution in [0, 0.1) is 5.82 Å². The Morgan fingerprint density at radius 1 is 1.00 bits per heavy atom. The smallest absolute Gasteiger partial charge is 0.318 e. The predicted octanol–water partition coefficient (Wildman–Crippen LogP) is 2.36. The lowest BCUT2D eigenvalue weighted by Gasteiger charge is -2.36. The largest absolute Gasteiger partial charge is 0.368 e. The van der Waals surface area contributed by atoms with Crippen molar-refractivity contribution in [1.29, 1.82) is 0 Å². The number of benzene rings is 2. The number of urea groups is 1. The lowest BCUT2D eigenvalue weighted by molar-refractivity contribution is -0.122. The van der Waals surface area contributed by atoms with E-state index in [2.05, 4.69) is 27.7 Å². The fourth-order valence-corrected chi connectivity index (χ4v) is 3.09. The summed E-state index contributed by atoms with van der Waals surface area (Å²) in [5.74, 6) is -0.594. The summed E-state index contributed by atoms with van der Waals surface area (Å²) in [6.45, 7) is 4.65. The van der Waals surface area contributed by atoms with Crippen LogP contribution in [0.25, 0.3) is 0 Å². The summed E-state index contributed by atoms with van der Waals surface area (Å²) in [6, 6.07) is 15.1. The molecule has 2 N–H and O–H groups in total. The molecule has 1 aliphatic heterocycles. The van der Waals surface area contributed by atoms with Crippen LogP contribution in [-0.2, 0) is 11.3 Å². The number of hydrogen-bond acceptors (Lipinski definition) is 3. The fraction of sp³-hybridized carbons (Fsp3) is 0.333. The number of carbonyl (C=O) groups excluding carboxylic acids is 2. The topological polar surface area (TPSA) is 64.7 Å². The summed E-state index contributed by atoms with van der Waals surface area (Å²) in [5, 5.41) is 5.50. The Hall–Kier alpha value is -3.09. The quantitative estimate of drug-likeness (QED) is 0.832. The van der Waals surface area contributed by atoms with E-state index in [0.717, 1.165) is 24.3 Å². The molecule has 0 aromatic heterocycles. The molecule has 1 aliphatic rings. The second-order valence-corrected chi connectivity index (χ2v) is 6.83. The number of carbonyl (C=O) groups is 2. The molecule has 7 heteroatoms. The highest BCUT2D eigenvalue weighted by Gasteiger charge is 2.24. The summed E-state index contributed by atoms with van der Waals surface area (Å²) in [7, 11) is 0. The highest BCUT2D eigenvalue weighted by atomic mass is 19.1. The van der Waals surface area contributed by atoms with Crippen LogP contribution in [0.2, 0.25) is 0 Å². The van der Waals surface area contributed by atoms with Gasteiger partial charge >= 0.3 is 6.03 Å². The number of nitrogens with zero attached hydrogens (tertiary/aromatic N) is 2. The van der Waals surface area contributed by atoms with Crippen molar-refractivity contribution in [1.82, 2.24) is 15.5 Å². The lowest BCUT2D eigenvalue weighted by atomic mass is 10.2. The molecule has 28 heavy (non-hydrogen) atoms. The fourth-order valence-electron chi connectivity index (χ4n) is 3.09. The molecular weight excluding hydrogens is 359 g/mol. The number of nitrogens with one attached hydrogen (secondary N) is 2. The van der Waals surface area contributed by atoms with Gasteiger partial charge in [-0.1, -0.05) is 30.3 Å². The first-order valence-corrected chi connectivity index (χ1v) is 9.40. The third-order valence-corrected chi connectivity index (χ3v) is 4.80. The summed E-state index contributed by atoms with van der Waals surface area (Å²) >= 11 is 0. The average molecular weight is 384 g/mol. The van der Waals surface area contributed by atoms with Crippen molar-refractivity contribution in [2.75, 3.05) is 31.1 Å². The molecule has 1 saturated heterocycles. The first-order chi connectivity index (χ1) is 13.5. The maximum Gasteiger partial charge on any atom is 0.318 e. The van der Waals surface area contributed by atoms with E-state index in [4.69, 9.17) is 0 Å². The zero-order chi connectivity index (χ0) is 19.9. The number of hydrogen-bond donors (Lipinski definition) is 2. The minimum atomic E-state index is -0.653. The van der Waals surface area contributed by atoms with E-state index >= 15 is 0 Å². The van der Waals surface area contributed by atoms with E-state index in [9.17, 15) is 14.0 Å². The lowest BCUT2D eigenvalue weighted by Crippen LogP contribution is -2.55. The molecule has 6 nitrogen and oxygen atoms in total. The van der Waals surface area contributed by atoms with Crippen molar-refractivity contribution < 1.29 is 14.0 Å². The van der Waals surface area contributed by atoms with Crippen LogP contribution in [0.15, 0.2) is 54.6 Å². The number of para-hydroxylation sites is 1. The van der Waals surface area contributed by atoms with Gasteiger partial charge in [-0.2, -0.15) is 0 Å². The number of piperazine rings is 1. The standard InChI is InChI=1S/C21H25FN4O2/c1-16(20(27)23-15-17-7-9-18(22)10-8-17)24-21(28)26-13-11-25(12-14-26)19-5-3-2-4-6-19/h2-10,16H,11-15H2,1H3,(H,23,27)(H,24,28). The SMILES string of the molecule is CC(NC(=O)N1CCN(c2ccccc2)CC1)C(=O)NCc1ccc(F)cc1. The van der Waals surface area contributed by atoms with Gasteiger partial charge in [0, 0.05) is 38.4 Å². The van der Waals surface area contributed by atoms with Crippen molar-refractivity contribution in [2.45, 2.75) is 19.5 Å². The van der Waals surface area contributed by atoms with Crippen LogP contribution >= 0.6 is 0 Å². The Kier molecular flexibility index (Phi) is 6.47. The van der Waals surface area contributed by atoms with Crippen LogP contribution in [-0.4, -0.2) is 49.1 Å². The molecule has 1 heterocycles. The molecule has 3 amide bonds. The van der Waals surface area contributed by atoms with Gasteiger partial charge in [0.25, 0.3) is 0 Å². The zero-order valence-electron chi connectivity index (χ0n) is 15.9. The van der Waals surface area contributed by atoms with E-state index in [0.29, 0.717) is 13.1 Å². The molecule has 2 aromatic rings. The van der Waals surface area contributed by atoms with Gasteiger partial charge in [0.1, 0.15) is 11.9 Å². The molecule has 148 valence electrons. The molecule has 0 radical (unpaired) electrons. The Labute approximate surface area is 164 Å². The van der Waals surface area contributed by atoms with E-state index in [1.807, 2.05) is 18.2 Å². The van der Waals surface area contributed by atoms with Gasteiger partial charge < -0.3 is 20.4 Å². The van der Waals surface area contributed by atoms with Crippen LogP contribution in [0.3, 0.4) is 0 Å². The van der Waals surface area contributed by atoms with Crippen LogP contribution in [0.1, 0.15) is 12.5 Å². The van der Waals surface area contributed by atoms with Gasteiger partial charge in [0.2, 0.25) is 5.91 Å². The second-order valence-electron chi connectivity index (χ2n) is 6.83. The number of rotatable bonds is 5. The minimum absolute atomic E-state index is 0.239. The maximum atomic E-state index is 12.9. The third kappa shape index (κ3) is 5.22. The van der Waals surface area contributed by atoms with Crippen molar-refractivity contribution in [3.05, 3.63) is 66.0 Å². The van der Waals surface area contributed by atoms with Gasteiger partial charge in [-0.25, -0.2) is 9.18 Å². The highest BCUT2D eigenvalue weighted by Crippen LogP contribution is 2.15. The van der Waals surface area contributed by atoms with Gasteiger partial charge in [0.15, 0.2) is 0 Å². The molecule has 0 bridgehead atoms. The normalized spacial score (nSPS) is 15.1. The molecule has 0 saturated carbocycles. The Morgan fingerprint density at radius 2 is 1.64 bits per heavy atom. The van der Waals surface area contributed by atoms with Crippen molar-refractivity contribution in [3.63, 3.8) is 0 Å². The monoisotopic (exact) mass is 384 g/mol. The molecule has 1 unspecified atom stereocenters. The van der Waals surface area contributed by atoms with Crippen molar-refractivity contribution >= 4 is 17.6 Å². The molecule has 3 rings (SSSR count). The van der Waals surface area contributed by atoms with Gasteiger partial charge in [-0.15, -0.1) is 0 Å². The number of anilines is 1. The van der Waals surface area contributed by atoms with Gasteiger partial charge in [-0.3, -0.25) is 4.79 Å². The van der Waals surface area contributed by atoms with E-state index in [1.54, 1.807) is 24.0 Å². The molecule has 0 spiro atoms. The molecule has 1 fully saturated rings. The zero-order valence-corrected chi connectivity index (χ0v) is 15.9. The van der Waals surface area contributed by atoms with Gasteiger partial charge in [0.05, 0.1) is 0 Å². The summed E-state index contributed by atoms with van der Waals surface area (Å²) in [5.41, 5.74) is 1.95. The van der Waals surface area contributed by atoms with Crippen LogP contribution in [0.4, 0.5) is 14.9 Å². The first-order valence-electron chi connectivity index (χ1n) is 9.40. The van der Waals surface area contributed by atoms with E-state index in [1.165, 1.54) is 12.1 Å². The Bertz CT molecular complexity index is 790. The van der Waals surface area contributed by atoms with E-state index in [-0.39, 0.29) is 24.3 Å². The molecule has 1 atom stereocenters. The Morgan fingerprint density at radius 3 is 2.29 bits per heavy atom. The van der Waals surface area contributed by atoms with Crippen molar-refractivity contribution in [2.24, 2.45) is 0 Å².